The first-order valence-corrected chi connectivity index (χ1v) is 6.10. The van der Waals surface area contributed by atoms with Crippen molar-refractivity contribution >= 4 is 0 Å². The topological polar surface area (TPSA) is 55.3 Å². The third kappa shape index (κ3) is 5.95. The number of quaternary nitrogens is 1. The second kappa shape index (κ2) is 8.85. The van der Waals surface area contributed by atoms with Crippen LogP contribution in [-0.4, -0.2) is 44.6 Å². The molecule has 0 radical (unpaired) electrons. The summed E-state index contributed by atoms with van der Waals surface area (Å²) in [5.41, 5.74) is 0. The van der Waals surface area contributed by atoms with Crippen LogP contribution in [0.1, 0.15) is 6.42 Å². The predicted octanol–water partition coefficient (Wildman–Crippen LogP) is 0.165. The Labute approximate surface area is 107 Å². The minimum absolute atomic E-state index is 0.0989. The molecule has 4 nitrogen and oxygen atoms in total. The van der Waals surface area contributed by atoms with Gasteiger partial charge in [0.1, 0.15) is 19.3 Å². The molecule has 0 amide bonds. The Morgan fingerprint density at radius 3 is 2.89 bits per heavy atom. The van der Waals surface area contributed by atoms with Crippen LogP contribution in [0.5, 0.6) is 5.75 Å². The zero-order valence-electron chi connectivity index (χ0n) is 10.6. The molecule has 1 aromatic rings. The van der Waals surface area contributed by atoms with E-state index in [1.165, 1.54) is 6.07 Å². The Morgan fingerprint density at radius 2 is 2.17 bits per heavy atom. The number of benzene rings is 1. The SMILES string of the molecule is COCCC[NH2+]C[C@H](O)COc1ccccc1F. The van der Waals surface area contributed by atoms with Crippen LogP contribution in [-0.2, 0) is 4.74 Å². The minimum Gasteiger partial charge on any atom is -0.488 e. The van der Waals surface area contributed by atoms with Gasteiger partial charge in [0, 0.05) is 13.5 Å². The van der Waals surface area contributed by atoms with Crippen molar-refractivity contribution in [2.45, 2.75) is 12.5 Å². The average molecular weight is 258 g/mol. The largest absolute Gasteiger partial charge is 0.488 e. The second-order valence-corrected chi connectivity index (χ2v) is 4.05. The number of ether oxygens (including phenoxy) is 2. The smallest absolute Gasteiger partial charge is 0.165 e. The molecule has 0 saturated heterocycles. The fourth-order valence-electron chi connectivity index (χ4n) is 1.50. The Hall–Kier alpha value is -1.17. The van der Waals surface area contributed by atoms with Crippen molar-refractivity contribution in [1.29, 1.82) is 0 Å². The zero-order chi connectivity index (χ0) is 13.2. The Morgan fingerprint density at radius 1 is 1.39 bits per heavy atom. The van der Waals surface area contributed by atoms with Crippen molar-refractivity contribution in [2.24, 2.45) is 0 Å². The molecule has 0 aliphatic rings. The molecular formula is C13H21FNO3+. The Kier molecular flexibility index (Phi) is 7.32. The van der Waals surface area contributed by atoms with Gasteiger partial charge >= 0.3 is 0 Å². The van der Waals surface area contributed by atoms with E-state index in [2.05, 4.69) is 0 Å². The molecule has 0 fully saturated rings. The molecule has 3 N–H and O–H groups in total. The van der Waals surface area contributed by atoms with Gasteiger partial charge in [-0.3, -0.25) is 0 Å². The number of halogens is 1. The van der Waals surface area contributed by atoms with Crippen LogP contribution in [0.3, 0.4) is 0 Å². The van der Waals surface area contributed by atoms with Crippen molar-refractivity contribution in [3.05, 3.63) is 30.1 Å². The van der Waals surface area contributed by atoms with Crippen molar-refractivity contribution in [3.8, 4) is 5.75 Å². The first kappa shape index (κ1) is 14.9. The van der Waals surface area contributed by atoms with E-state index in [4.69, 9.17) is 9.47 Å². The molecule has 102 valence electrons. The average Bonchev–Trinajstić information content (AvgIpc) is 2.37. The van der Waals surface area contributed by atoms with Gasteiger partial charge in [-0.25, -0.2) is 4.39 Å². The van der Waals surface area contributed by atoms with Gasteiger partial charge in [-0.05, 0) is 12.1 Å². The van der Waals surface area contributed by atoms with Gasteiger partial charge in [0.15, 0.2) is 11.6 Å². The van der Waals surface area contributed by atoms with Gasteiger partial charge < -0.3 is 19.9 Å². The summed E-state index contributed by atoms with van der Waals surface area (Å²) in [5, 5.41) is 11.6. The molecule has 0 heterocycles. The van der Waals surface area contributed by atoms with Crippen LogP contribution < -0.4 is 10.1 Å². The number of para-hydroxylation sites is 1. The van der Waals surface area contributed by atoms with Crippen LogP contribution in [0.15, 0.2) is 24.3 Å². The van der Waals surface area contributed by atoms with E-state index in [9.17, 15) is 9.50 Å². The van der Waals surface area contributed by atoms with Gasteiger partial charge in [0.2, 0.25) is 0 Å². The maximum atomic E-state index is 13.2. The molecular weight excluding hydrogens is 237 g/mol. The van der Waals surface area contributed by atoms with Gasteiger partial charge in [0.05, 0.1) is 13.2 Å². The fourth-order valence-corrected chi connectivity index (χ4v) is 1.50. The molecule has 0 aliphatic heterocycles. The standard InChI is InChI=1S/C13H20FNO3/c1-17-8-4-7-15-9-11(16)10-18-13-6-3-2-5-12(13)14/h2-3,5-6,11,15-16H,4,7-10H2,1H3/p+1/t11-/m0/s1. The first-order valence-electron chi connectivity index (χ1n) is 6.10. The van der Waals surface area contributed by atoms with E-state index in [-0.39, 0.29) is 12.4 Å². The molecule has 0 unspecified atom stereocenters. The molecule has 1 rings (SSSR count). The third-order valence-corrected chi connectivity index (χ3v) is 2.46. The van der Waals surface area contributed by atoms with E-state index in [0.717, 1.165) is 19.6 Å². The summed E-state index contributed by atoms with van der Waals surface area (Å²) in [5.74, 6) is -0.232. The summed E-state index contributed by atoms with van der Waals surface area (Å²) in [6.45, 7) is 2.25. The highest BCUT2D eigenvalue weighted by Gasteiger charge is 2.09. The lowest BCUT2D eigenvalue weighted by Crippen LogP contribution is -2.86. The van der Waals surface area contributed by atoms with Crippen molar-refractivity contribution in [3.63, 3.8) is 0 Å². The highest BCUT2D eigenvalue weighted by molar-refractivity contribution is 5.23. The molecule has 1 aromatic carbocycles. The van der Waals surface area contributed by atoms with Crippen LogP contribution in [0, 0.1) is 5.82 Å². The first-order chi connectivity index (χ1) is 8.74. The quantitative estimate of drug-likeness (QED) is 0.621. The van der Waals surface area contributed by atoms with Crippen LogP contribution >= 0.6 is 0 Å². The van der Waals surface area contributed by atoms with Crippen molar-refractivity contribution in [1.82, 2.24) is 0 Å². The third-order valence-electron chi connectivity index (χ3n) is 2.46. The summed E-state index contributed by atoms with van der Waals surface area (Å²) in [4.78, 5) is 0. The summed E-state index contributed by atoms with van der Waals surface area (Å²) in [6, 6.07) is 6.17. The molecule has 0 aromatic heterocycles. The van der Waals surface area contributed by atoms with Crippen LogP contribution in [0.4, 0.5) is 4.39 Å². The minimum atomic E-state index is -0.604. The van der Waals surface area contributed by atoms with Gasteiger partial charge in [-0.2, -0.15) is 0 Å². The molecule has 5 heteroatoms. The molecule has 0 aliphatic carbocycles. The molecule has 0 saturated carbocycles. The van der Waals surface area contributed by atoms with Crippen LogP contribution in [0.25, 0.3) is 0 Å². The molecule has 0 bridgehead atoms. The van der Waals surface area contributed by atoms with E-state index in [0.29, 0.717) is 6.54 Å². The van der Waals surface area contributed by atoms with E-state index in [1.54, 1.807) is 25.3 Å². The molecule has 18 heavy (non-hydrogen) atoms. The van der Waals surface area contributed by atoms with Gasteiger partial charge in [0.25, 0.3) is 0 Å². The van der Waals surface area contributed by atoms with Gasteiger partial charge in [-0.15, -0.1) is 0 Å². The van der Waals surface area contributed by atoms with Gasteiger partial charge in [-0.1, -0.05) is 12.1 Å². The normalized spacial score (nSPS) is 12.4. The number of aliphatic hydroxyl groups is 1. The summed E-state index contributed by atoms with van der Waals surface area (Å²) in [7, 11) is 1.66. The van der Waals surface area contributed by atoms with E-state index < -0.39 is 11.9 Å². The second-order valence-electron chi connectivity index (χ2n) is 4.05. The lowest BCUT2D eigenvalue weighted by atomic mass is 10.3. The number of hydrogen-bond acceptors (Lipinski definition) is 3. The van der Waals surface area contributed by atoms with Crippen LogP contribution in [0.2, 0.25) is 0 Å². The molecule has 0 spiro atoms. The Balaban J connectivity index is 2.13. The number of nitrogens with two attached hydrogens (primary N) is 1. The van der Waals surface area contributed by atoms with E-state index >= 15 is 0 Å². The van der Waals surface area contributed by atoms with Crippen molar-refractivity contribution < 1.29 is 24.3 Å². The fraction of sp³-hybridized carbons (Fsp3) is 0.538. The number of rotatable bonds is 9. The number of aliphatic hydroxyl groups excluding tert-OH is 1. The Bertz CT molecular complexity index is 336. The lowest BCUT2D eigenvalue weighted by Gasteiger charge is -2.11. The lowest BCUT2D eigenvalue weighted by molar-refractivity contribution is -0.661. The maximum absolute atomic E-state index is 13.2. The molecule has 1 atom stereocenters. The maximum Gasteiger partial charge on any atom is 0.165 e. The zero-order valence-corrected chi connectivity index (χ0v) is 10.6. The summed E-state index contributed by atoms with van der Waals surface area (Å²) < 4.78 is 23.3. The van der Waals surface area contributed by atoms with E-state index in [1.807, 2.05) is 5.32 Å². The number of hydrogen-bond donors (Lipinski definition) is 2. The van der Waals surface area contributed by atoms with Crippen molar-refractivity contribution in [2.75, 3.05) is 33.4 Å². The predicted molar refractivity (Wildman–Crippen MR) is 66.1 cm³/mol. The number of methoxy groups -OCH3 is 1. The summed E-state index contributed by atoms with van der Waals surface area (Å²) in [6.07, 6.45) is 0.337. The summed E-state index contributed by atoms with van der Waals surface area (Å²) >= 11 is 0. The monoisotopic (exact) mass is 258 g/mol. The highest BCUT2D eigenvalue weighted by atomic mass is 19.1. The highest BCUT2D eigenvalue weighted by Crippen LogP contribution is 2.15.